The van der Waals surface area contributed by atoms with Crippen molar-refractivity contribution in [3.8, 4) is 0 Å². The van der Waals surface area contributed by atoms with Gasteiger partial charge in [-0.3, -0.25) is 0 Å². The van der Waals surface area contributed by atoms with Gasteiger partial charge in [-0.05, 0) is 24.5 Å². The second-order valence-corrected chi connectivity index (χ2v) is 3.87. The monoisotopic (exact) mass is 171 g/mol. The highest BCUT2D eigenvalue weighted by Crippen LogP contribution is 2.40. The summed E-state index contributed by atoms with van der Waals surface area (Å²) in [5.41, 5.74) is 2.85. The van der Waals surface area contributed by atoms with E-state index in [0.29, 0.717) is 6.04 Å². The fourth-order valence-corrected chi connectivity index (χ4v) is 2.46. The number of para-hydroxylation sites is 1. The number of anilines is 1. The van der Waals surface area contributed by atoms with Crippen LogP contribution in [0.5, 0.6) is 0 Å². The SMILES string of the molecule is C1=CC2Nc3ccccc3C2CC1. The number of hydrogen-bond donors (Lipinski definition) is 1. The van der Waals surface area contributed by atoms with Crippen LogP contribution in [0.1, 0.15) is 24.3 Å². The van der Waals surface area contributed by atoms with Crippen molar-refractivity contribution in [3.63, 3.8) is 0 Å². The van der Waals surface area contributed by atoms with Crippen molar-refractivity contribution in [2.24, 2.45) is 0 Å². The molecule has 1 N–H and O–H groups in total. The van der Waals surface area contributed by atoms with Gasteiger partial charge in [-0.1, -0.05) is 30.4 Å². The maximum absolute atomic E-state index is 3.55. The Hall–Kier alpha value is -1.24. The molecule has 1 aromatic rings. The van der Waals surface area contributed by atoms with Gasteiger partial charge in [0.25, 0.3) is 0 Å². The predicted molar refractivity (Wildman–Crippen MR) is 55.0 cm³/mol. The molecule has 2 unspecified atom stereocenters. The summed E-state index contributed by atoms with van der Waals surface area (Å²) in [6, 6.07) is 9.24. The molecule has 0 bridgehead atoms. The van der Waals surface area contributed by atoms with E-state index in [1.54, 1.807) is 0 Å². The summed E-state index contributed by atoms with van der Waals surface area (Å²) in [5.74, 6) is 0.723. The molecule has 0 saturated carbocycles. The van der Waals surface area contributed by atoms with Gasteiger partial charge in [0.1, 0.15) is 0 Å². The molecule has 0 amide bonds. The number of rotatable bonds is 0. The molecule has 0 radical (unpaired) electrons. The molecule has 1 aliphatic carbocycles. The van der Waals surface area contributed by atoms with E-state index in [2.05, 4.69) is 41.7 Å². The number of benzene rings is 1. The Balaban J connectivity index is 2.07. The quantitative estimate of drug-likeness (QED) is 0.592. The third kappa shape index (κ3) is 0.998. The molecule has 66 valence electrons. The minimum atomic E-state index is 0.561. The summed E-state index contributed by atoms with van der Waals surface area (Å²) in [5, 5.41) is 3.55. The molecule has 3 rings (SSSR count). The van der Waals surface area contributed by atoms with Gasteiger partial charge < -0.3 is 5.32 Å². The maximum Gasteiger partial charge on any atom is 0.0514 e. The van der Waals surface area contributed by atoms with Crippen LogP contribution in [0, 0.1) is 0 Å². The van der Waals surface area contributed by atoms with Gasteiger partial charge in [-0.15, -0.1) is 0 Å². The number of nitrogens with one attached hydrogen (secondary N) is 1. The summed E-state index contributed by atoms with van der Waals surface area (Å²) >= 11 is 0. The van der Waals surface area contributed by atoms with E-state index in [1.807, 2.05) is 0 Å². The Morgan fingerprint density at radius 2 is 2.15 bits per heavy atom. The normalized spacial score (nSPS) is 29.2. The van der Waals surface area contributed by atoms with Crippen molar-refractivity contribution in [1.82, 2.24) is 0 Å². The van der Waals surface area contributed by atoms with Crippen molar-refractivity contribution >= 4 is 5.69 Å². The summed E-state index contributed by atoms with van der Waals surface area (Å²) in [4.78, 5) is 0. The van der Waals surface area contributed by atoms with Gasteiger partial charge in [-0.2, -0.15) is 0 Å². The predicted octanol–water partition coefficient (Wildman–Crippen LogP) is 2.91. The summed E-state index contributed by atoms with van der Waals surface area (Å²) in [7, 11) is 0. The lowest BCUT2D eigenvalue weighted by Gasteiger charge is -2.20. The van der Waals surface area contributed by atoms with Gasteiger partial charge in [0, 0.05) is 11.6 Å². The van der Waals surface area contributed by atoms with E-state index >= 15 is 0 Å². The van der Waals surface area contributed by atoms with Gasteiger partial charge in [0.05, 0.1) is 6.04 Å². The topological polar surface area (TPSA) is 12.0 Å². The second-order valence-electron chi connectivity index (χ2n) is 3.87. The van der Waals surface area contributed by atoms with Crippen LogP contribution in [0.15, 0.2) is 36.4 Å². The van der Waals surface area contributed by atoms with E-state index in [9.17, 15) is 0 Å². The lowest BCUT2D eigenvalue weighted by Crippen LogP contribution is -2.19. The maximum atomic E-state index is 3.55. The minimum Gasteiger partial charge on any atom is -0.378 e. The summed E-state index contributed by atoms with van der Waals surface area (Å²) < 4.78 is 0. The molecule has 0 fully saturated rings. The minimum absolute atomic E-state index is 0.561. The van der Waals surface area contributed by atoms with E-state index in [1.165, 1.54) is 24.1 Å². The Morgan fingerprint density at radius 3 is 3.15 bits per heavy atom. The lowest BCUT2D eigenvalue weighted by atomic mass is 9.87. The average molecular weight is 171 g/mol. The highest BCUT2D eigenvalue weighted by molar-refractivity contribution is 5.60. The first-order valence-electron chi connectivity index (χ1n) is 4.97. The Bertz CT molecular complexity index is 354. The van der Waals surface area contributed by atoms with Crippen molar-refractivity contribution in [2.75, 3.05) is 5.32 Å². The molecule has 13 heavy (non-hydrogen) atoms. The van der Waals surface area contributed by atoms with Crippen LogP contribution < -0.4 is 5.32 Å². The van der Waals surface area contributed by atoms with Crippen LogP contribution in [-0.2, 0) is 0 Å². The van der Waals surface area contributed by atoms with Crippen molar-refractivity contribution in [3.05, 3.63) is 42.0 Å². The number of fused-ring (bicyclic) bond motifs is 3. The highest BCUT2D eigenvalue weighted by Gasteiger charge is 2.30. The van der Waals surface area contributed by atoms with Crippen LogP contribution >= 0.6 is 0 Å². The largest absolute Gasteiger partial charge is 0.378 e. The lowest BCUT2D eigenvalue weighted by molar-refractivity contribution is 0.598. The number of allylic oxidation sites excluding steroid dienone is 1. The fourth-order valence-electron chi connectivity index (χ4n) is 2.46. The summed E-state index contributed by atoms with van der Waals surface area (Å²) in [6.07, 6.45) is 7.14. The second kappa shape index (κ2) is 2.63. The average Bonchev–Trinajstić information content (AvgIpc) is 2.56. The molecule has 1 aliphatic heterocycles. The molecule has 0 saturated heterocycles. The van der Waals surface area contributed by atoms with Crippen molar-refractivity contribution < 1.29 is 0 Å². The van der Waals surface area contributed by atoms with E-state index < -0.39 is 0 Å². The first-order chi connectivity index (χ1) is 6.45. The molecule has 2 atom stereocenters. The standard InChI is InChI=1S/C12H13N/c1-3-7-11-9(5-1)10-6-2-4-8-12(10)13-11/h1,3-5,7-8,10,12-13H,2,6H2. The Labute approximate surface area is 78.5 Å². The Kier molecular flexibility index (Phi) is 1.45. The van der Waals surface area contributed by atoms with E-state index in [0.717, 1.165) is 5.92 Å². The molecule has 1 aromatic carbocycles. The zero-order valence-electron chi connectivity index (χ0n) is 7.53. The molecule has 1 heteroatoms. The molecular formula is C12H13N. The number of hydrogen-bond acceptors (Lipinski definition) is 1. The smallest absolute Gasteiger partial charge is 0.0514 e. The van der Waals surface area contributed by atoms with Crippen LogP contribution in [-0.4, -0.2) is 6.04 Å². The first-order valence-corrected chi connectivity index (χ1v) is 4.97. The van der Waals surface area contributed by atoms with Crippen molar-refractivity contribution in [2.45, 2.75) is 24.8 Å². The zero-order valence-corrected chi connectivity index (χ0v) is 7.53. The van der Waals surface area contributed by atoms with E-state index in [-0.39, 0.29) is 0 Å². The van der Waals surface area contributed by atoms with Crippen LogP contribution in [0.25, 0.3) is 0 Å². The molecular weight excluding hydrogens is 158 g/mol. The van der Waals surface area contributed by atoms with Gasteiger partial charge in [0.2, 0.25) is 0 Å². The van der Waals surface area contributed by atoms with Gasteiger partial charge in [-0.25, -0.2) is 0 Å². The van der Waals surface area contributed by atoms with Crippen LogP contribution in [0.4, 0.5) is 5.69 Å². The van der Waals surface area contributed by atoms with Crippen LogP contribution in [0.3, 0.4) is 0 Å². The molecule has 2 aliphatic rings. The molecule has 1 nitrogen and oxygen atoms in total. The van der Waals surface area contributed by atoms with Gasteiger partial charge >= 0.3 is 0 Å². The van der Waals surface area contributed by atoms with Crippen LogP contribution in [0.2, 0.25) is 0 Å². The molecule has 0 aromatic heterocycles. The van der Waals surface area contributed by atoms with E-state index in [4.69, 9.17) is 0 Å². The Morgan fingerprint density at radius 1 is 1.23 bits per heavy atom. The molecule has 1 heterocycles. The fraction of sp³-hybridized carbons (Fsp3) is 0.333. The molecule has 0 spiro atoms. The zero-order chi connectivity index (χ0) is 8.67. The first kappa shape index (κ1) is 7.19. The van der Waals surface area contributed by atoms with Gasteiger partial charge in [0.15, 0.2) is 0 Å². The highest BCUT2D eigenvalue weighted by atomic mass is 15.0. The summed E-state index contributed by atoms with van der Waals surface area (Å²) in [6.45, 7) is 0. The third-order valence-corrected chi connectivity index (χ3v) is 3.10. The van der Waals surface area contributed by atoms with Crippen molar-refractivity contribution in [1.29, 1.82) is 0 Å². The third-order valence-electron chi connectivity index (χ3n) is 3.10.